The van der Waals surface area contributed by atoms with Gasteiger partial charge in [0.15, 0.2) is 0 Å². The molecule has 0 fully saturated rings. The lowest BCUT2D eigenvalue weighted by Crippen LogP contribution is -2.37. The number of hydrogen-bond acceptors (Lipinski definition) is 3. The monoisotopic (exact) mass is 293 g/mol. The molecule has 0 spiro atoms. The van der Waals surface area contributed by atoms with E-state index in [1.54, 1.807) is 0 Å². The summed E-state index contributed by atoms with van der Waals surface area (Å²) in [6.45, 7) is 4.48. The molecule has 0 bridgehead atoms. The Bertz CT molecular complexity index is 456. The second kappa shape index (κ2) is 9.00. The van der Waals surface area contributed by atoms with Crippen molar-refractivity contribution in [3.63, 3.8) is 0 Å². The molecule has 0 saturated carbocycles. The van der Waals surface area contributed by atoms with E-state index in [-0.39, 0.29) is 24.8 Å². The van der Waals surface area contributed by atoms with Crippen molar-refractivity contribution in [2.75, 3.05) is 6.61 Å². The van der Waals surface area contributed by atoms with Gasteiger partial charge in [-0.15, -0.1) is 0 Å². The molecule has 0 aromatic heterocycles. The van der Waals surface area contributed by atoms with Gasteiger partial charge in [-0.05, 0) is 31.0 Å². The van der Waals surface area contributed by atoms with E-state index in [0.717, 1.165) is 17.7 Å². The fourth-order valence-corrected chi connectivity index (χ4v) is 2.12. The van der Waals surface area contributed by atoms with Gasteiger partial charge >= 0.3 is 5.97 Å². The van der Waals surface area contributed by atoms with Crippen LogP contribution in [0.1, 0.15) is 38.7 Å². The fourth-order valence-electron chi connectivity index (χ4n) is 2.12. The second-order valence-corrected chi connectivity index (χ2v) is 4.90. The lowest BCUT2D eigenvalue weighted by molar-refractivity contribution is -0.137. The van der Waals surface area contributed by atoms with Crippen molar-refractivity contribution in [1.29, 1.82) is 0 Å². The molecule has 1 rings (SSSR count). The van der Waals surface area contributed by atoms with E-state index in [9.17, 15) is 9.59 Å². The van der Waals surface area contributed by atoms with Crippen LogP contribution in [0.5, 0.6) is 5.75 Å². The van der Waals surface area contributed by atoms with Gasteiger partial charge in [-0.3, -0.25) is 9.59 Å². The van der Waals surface area contributed by atoms with Gasteiger partial charge < -0.3 is 15.2 Å². The molecular weight excluding hydrogens is 270 g/mol. The zero-order valence-electron chi connectivity index (χ0n) is 12.6. The molecule has 0 radical (unpaired) electrons. The second-order valence-electron chi connectivity index (χ2n) is 4.90. The summed E-state index contributed by atoms with van der Waals surface area (Å²) in [6, 6.07) is 7.04. The van der Waals surface area contributed by atoms with Crippen LogP contribution >= 0.6 is 0 Å². The highest BCUT2D eigenvalue weighted by Gasteiger charge is 2.15. The minimum absolute atomic E-state index is 0.0388. The summed E-state index contributed by atoms with van der Waals surface area (Å²) in [5.41, 5.74) is 0.876. The molecule has 1 aromatic carbocycles. The molecule has 5 heteroatoms. The zero-order valence-corrected chi connectivity index (χ0v) is 12.6. The fraction of sp³-hybridized carbons (Fsp3) is 0.500. The number of rotatable bonds is 9. The van der Waals surface area contributed by atoms with Gasteiger partial charge in [-0.1, -0.05) is 25.5 Å². The number of benzene rings is 1. The third-order valence-corrected chi connectivity index (χ3v) is 3.02. The maximum absolute atomic E-state index is 12.0. The number of carbonyl (C=O) groups is 2. The van der Waals surface area contributed by atoms with Crippen LogP contribution in [0, 0.1) is 0 Å². The van der Waals surface area contributed by atoms with Crippen molar-refractivity contribution in [2.24, 2.45) is 0 Å². The molecule has 1 unspecified atom stereocenters. The molecule has 0 aliphatic rings. The van der Waals surface area contributed by atoms with Crippen molar-refractivity contribution < 1.29 is 19.4 Å². The third kappa shape index (κ3) is 6.79. The number of ether oxygens (including phenoxy) is 1. The van der Waals surface area contributed by atoms with Crippen LogP contribution in [0.3, 0.4) is 0 Å². The molecule has 0 saturated heterocycles. The maximum Gasteiger partial charge on any atom is 0.305 e. The predicted molar refractivity (Wildman–Crippen MR) is 80.4 cm³/mol. The van der Waals surface area contributed by atoms with E-state index in [4.69, 9.17) is 9.84 Å². The summed E-state index contributed by atoms with van der Waals surface area (Å²) in [5.74, 6) is -0.273. The number of carboxylic acid groups (broad SMARTS) is 1. The van der Waals surface area contributed by atoms with Gasteiger partial charge in [0, 0.05) is 6.04 Å². The highest BCUT2D eigenvalue weighted by molar-refractivity contribution is 5.79. The molecule has 21 heavy (non-hydrogen) atoms. The van der Waals surface area contributed by atoms with E-state index in [1.807, 2.05) is 38.1 Å². The summed E-state index contributed by atoms with van der Waals surface area (Å²) in [6.07, 6.45) is 1.71. The highest BCUT2D eigenvalue weighted by atomic mass is 16.5. The van der Waals surface area contributed by atoms with E-state index in [1.165, 1.54) is 0 Å². The molecule has 1 aromatic rings. The number of carbonyl (C=O) groups excluding carboxylic acids is 1. The normalized spacial score (nSPS) is 11.7. The van der Waals surface area contributed by atoms with Crippen LogP contribution < -0.4 is 10.1 Å². The van der Waals surface area contributed by atoms with Gasteiger partial charge in [0.1, 0.15) is 5.75 Å². The van der Waals surface area contributed by atoms with Gasteiger partial charge in [0.05, 0.1) is 19.4 Å². The van der Waals surface area contributed by atoms with Crippen LogP contribution in [-0.2, 0) is 16.0 Å². The molecule has 2 N–H and O–H groups in total. The van der Waals surface area contributed by atoms with E-state index >= 15 is 0 Å². The molecule has 0 aliphatic carbocycles. The Hall–Kier alpha value is -2.04. The Morgan fingerprint density at radius 2 is 1.90 bits per heavy atom. The number of hydrogen-bond donors (Lipinski definition) is 2. The number of carboxylic acids is 1. The average Bonchev–Trinajstić information content (AvgIpc) is 2.40. The first kappa shape index (κ1) is 17.0. The SMILES string of the molecule is CCCC(CC(=O)O)NC(=O)Cc1ccc(OCC)cc1. The number of amides is 1. The minimum atomic E-state index is -0.894. The average molecular weight is 293 g/mol. The lowest BCUT2D eigenvalue weighted by atomic mass is 10.1. The summed E-state index contributed by atoms with van der Waals surface area (Å²) < 4.78 is 5.34. The van der Waals surface area contributed by atoms with Gasteiger partial charge in [-0.2, -0.15) is 0 Å². The molecule has 1 atom stereocenters. The summed E-state index contributed by atoms with van der Waals surface area (Å²) in [5, 5.41) is 11.6. The Morgan fingerprint density at radius 3 is 2.43 bits per heavy atom. The van der Waals surface area contributed by atoms with Crippen LogP contribution in [0.25, 0.3) is 0 Å². The van der Waals surface area contributed by atoms with Gasteiger partial charge in [0.2, 0.25) is 5.91 Å². The summed E-state index contributed by atoms with van der Waals surface area (Å²) in [7, 11) is 0. The summed E-state index contributed by atoms with van der Waals surface area (Å²) in [4.78, 5) is 22.7. The molecule has 116 valence electrons. The van der Waals surface area contributed by atoms with Gasteiger partial charge in [0.25, 0.3) is 0 Å². The number of nitrogens with one attached hydrogen (secondary N) is 1. The Balaban J connectivity index is 2.52. The Morgan fingerprint density at radius 1 is 1.24 bits per heavy atom. The Kier molecular flexibility index (Phi) is 7.29. The van der Waals surface area contributed by atoms with E-state index in [2.05, 4.69) is 5.32 Å². The quantitative estimate of drug-likeness (QED) is 0.733. The first-order valence-corrected chi connectivity index (χ1v) is 7.28. The maximum atomic E-state index is 12.0. The molecule has 0 aliphatic heterocycles. The largest absolute Gasteiger partial charge is 0.494 e. The van der Waals surface area contributed by atoms with Crippen LogP contribution in [-0.4, -0.2) is 29.6 Å². The van der Waals surface area contributed by atoms with Crippen LogP contribution in [0.15, 0.2) is 24.3 Å². The first-order chi connectivity index (χ1) is 10.0. The standard InChI is InChI=1S/C16H23NO4/c1-3-5-13(11-16(19)20)17-15(18)10-12-6-8-14(9-7-12)21-4-2/h6-9,13H,3-5,10-11H2,1-2H3,(H,17,18)(H,19,20). The molecule has 5 nitrogen and oxygen atoms in total. The Labute approximate surface area is 125 Å². The smallest absolute Gasteiger partial charge is 0.305 e. The highest BCUT2D eigenvalue weighted by Crippen LogP contribution is 2.12. The third-order valence-electron chi connectivity index (χ3n) is 3.02. The molecule has 1 amide bonds. The van der Waals surface area contributed by atoms with Crippen molar-refractivity contribution in [2.45, 2.75) is 45.6 Å². The van der Waals surface area contributed by atoms with Crippen molar-refractivity contribution in [1.82, 2.24) is 5.32 Å². The number of aliphatic carboxylic acids is 1. The molecular formula is C16H23NO4. The van der Waals surface area contributed by atoms with Crippen molar-refractivity contribution in [3.8, 4) is 5.75 Å². The lowest BCUT2D eigenvalue weighted by Gasteiger charge is -2.16. The van der Waals surface area contributed by atoms with Crippen LogP contribution in [0.2, 0.25) is 0 Å². The van der Waals surface area contributed by atoms with Crippen LogP contribution in [0.4, 0.5) is 0 Å². The minimum Gasteiger partial charge on any atom is -0.494 e. The first-order valence-electron chi connectivity index (χ1n) is 7.28. The van der Waals surface area contributed by atoms with E-state index < -0.39 is 5.97 Å². The topological polar surface area (TPSA) is 75.6 Å². The predicted octanol–water partition coefficient (Wildman–Crippen LogP) is 2.39. The van der Waals surface area contributed by atoms with Crippen molar-refractivity contribution >= 4 is 11.9 Å². The summed E-state index contributed by atoms with van der Waals surface area (Å²) >= 11 is 0. The van der Waals surface area contributed by atoms with Gasteiger partial charge in [-0.25, -0.2) is 0 Å². The van der Waals surface area contributed by atoms with E-state index in [0.29, 0.717) is 13.0 Å². The molecule has 0 heterocycles. The zero-order chi connectivity index (χ0) is 15.7. The van der Waals surface area contributed by atoms with Crippen molar-refractivity contribution in [3.05, 3.63) is 29.8 Å².